The van der Waals surface area contributed by atoms with Crippen LogP contribution >= 0.6 is 0 Å². The van der Waals surface area contributed by atoms with Gasteiger partial charge in [0.15, 0.2) is 5.92 Å². The number of nitrogens with zero attached hydrogens (tertiary/aromatic N) is 1. The Hall–Kier alpha value is -3.52. The largest absolute Gasteiger partial charge is 0.497 e. The minimum atomic E-state index is -1.27. The normalized spacial score (nSPS) is 12.8. The average molecular weight is 361 g/mol. The Labute approximate surface area is 157 Å². The fourth-order valence-corrected chi connectivity index (χ4v) is 3.40. The van der Waals surface area contributed by atoms with E-state index in [2.05, 4.69) is 0 Å². The molecule has 0 aliphatic carbocycles. The molecule has 0 aromatic heterocycles. The van der Waals surface area contributed by atoms with Gasteiger partial charge in [0.25, 0.3) is 0 Å². The first-order valence-electron chi connectivity index (χ1n) is 8.42. The van der Waals surface area contributed by atoms with Crippen molar-refractivity contribution in [3.05, 3.63) is 71.8 Å². The van der Waals surface area contributed by atoms with Crippen LogP contribution in [-0.4, -0.2) is 25.3 Å². The molecular formula is C22H19NO4. The molecular weight excluding hydrogens is 342 g/mol. The van der Waals surface area contributed by atoms with E-state index in [1.165, 1.54) is 7.11 Å². The second kappa shape index (κ2) is 7.79. The monoisotopic (exact) mass is 361 g/mol. The number of nitriles is 1. The SMILES string of the molecule is COc1ccc(C(c2cccc3ccccc23)C(C#N)C(=O)O)c(OC)c1. The van der Waals surface area contributed by atoms with E-state index in [4.69, 9.17) is 9.47 Å². The number of carboxylic acid groups (broad SMARTS) is 1. The zero-order valence-electron chi connectivity index (χ0n) is 15.0. The summed E-state index contributed by atoms with van der Waals surface area (Å²) in [4.78, 5) is 11.9. The summed E-state index contributed by atoms with van der Waals surface area (Å²) in [5.41, 5.74) is 1.40. The molecule has 1 N–H and O–H groups in total. The maximum atomic E-state index is 11.9. The van der Waals surface area contributed by atoms with Crippen LogP contribution < -0.4 is 9.47 Å². The highest BCUT2D eigenvalue weighted by atomic mass is 16.5. The van der Waals surface area contributed by atoms with Gasteiger partial charge in [0.05, 0.1) is 20.3 Å². The summed E-state index contributed by atoms with van der Waals surface area (Å²) in [7, 11) is 3.06. The molecule has 3 rings (SSSR count). The number of hydrogen-bond acceptors (Lipinski definition) is 4. The van der Waals surface area contributed by atoms with Crippen molar-refractivity contribution in [1.82, 2.24) is 0 Å². The van der Waals surface area contributed by atoms with Crippen LogP contribution in [0.2, 0.25) is 0 Å². The maximum Gasteiger partial charge on any atom is 0.321 e. The fraction of sp³-hybridized carbons (Fsp3) is 0.182. The number of carboxylic acids is 1. The zero-order chi connectivity index (χ0) is 19.4. The van der Waals surface area contributed by atoms with Crippen LogP contribution in [0.25, 0.3) is 10.8 Å². The van der Waals surface area contributed by atoms with E-state index < -0.39 is 17.8 Å². The van der Waals surface area contributed by atoms with Gasteiger partial charge in [0.1, 0.15) is 11.5 Å². The van der Waals surface area contributed by atoms with Crippen molar-refractivity contribution >= 4 is 16.7 Å². The highest BCUT2D eigenvalue weighted by Gasteiger charge is 2.34. The van der Waals surface area contributed by atoms with Gasteiger partial charge in [-0.15, -0.1) is 0 Å². The second-order valence-corrected chi connectivity index (χ2v) is 6.10. The summed E-state index contributed by atoms with van der Waals surface area (Å²) < 4.78 is 10.7. The van der Waals surface area contributed by atoms with E-state index in [1.807, 2.05) is 48.5 Å². The van der Waals surface area contributed by atoms with Crippen LogP contribution in [-0.2, 0) is 4.79 Å². The average Bonchev–Trinajstić information content (AvgIpc) is 2.71. The highest BCUT2D eigenvalue weighted by molar-refractivity contribution is 5.88. The Balaban J connectivity index is 2.31. The molecule has 136 valence electrons. The number of benzene rings is 3. The second-order valence-electron chi connectivity index (χ2n) is 6.10. The third-order valence-corrected chi connectivity index (χ3v) is 4.67. The number of methoxy groups -OCH3 is 2. The van der Waals surface area contributed by atoms with Crippen molar-refractivity contribution in [3.8, 4) is 17.6 Å². The number of rotatable bonds is 6. The number of ether oxygens (including phenoxy) is 2. The van der Waals surface area contributed by atoms with Crippen molar-refractivity contribution in [2.24, 2.45) is 5.92 Å². The first-order valence-corrected chi connectivity index (χ1v) is 8.42. The lowest BCUT2D eigenvalue weighted by atomic mass is 9.79. The van der Waals surface area contributed by atoms with E-state index >= 15 is 0 Å². The number of aliphatic carboxylic acids is 1. The molecule has 0 spiro atoms. The summed E-state index contributed by atoms with van der Waals surface area (Å²) in [5, 5.41) is 21.2. The molecule has 5 heteroatoms. The summed E-state index contributed by atoms with van der Waals surface area (Å²) in [5.74, 6) is -2.06. The first kappa shape index (κ1) is 18.3. The Bertz CT molecular complexity index is 1020. The van der Waals surface area contributed by atoms with Crippen molar-refractivity contribution in [3.63, 3.8) is 0 Å². The van der Waals surface area contributed by atoms with Crippen LogP contribution in [0.1, 0.15) is 17.0 Å². The number of carbonyl (C=O) groups is 1. The van der Waals surface area contributed by atoms with Gasteiger partial charge in [-0.25, -0.2) is 0 Å². The fourth-order valence-electron chi connectivity index (χ4n) is 3.40. The third kappa shape index (κ3) is 3.42. The molecule has 0 saturated carbocycles. The number of hydrogen-bond donors (Lipinski definition) is 1. The van der Waals surface area contributed by atoms with Gasteiger partial charge in [-0.1, -0.05) is 48.5 Å². The van der Waals surface area contributed by atoms with Crippen molar-refractivity contribution in [2.45, 2.75) is 5.92 Å². The predicted octanol–water partition coefficient (Wildman–Crippen LogP) is 4.21. The molecule has 0 amide bonds. The van der Waals surface area contributed by atoms with Crippen LogP contribution in [0, 0.1) is 17.2 Å². The molecule has 0 bridgehead atoms. The Morgan fingerprint density at radius 2 is 1.74 bits per heavy atom. The van der Waals surface area contributed by atoms with Crippen LogP contribution in [0.15, 0.2) is 60.7 Å². The molecule has 2 atom stereocenters. The lowest BCUT2D eigenvalue weighted by Crippen LogP contribution is -2.22. The zero-order valence-corrected chi connectivity index (χ0v) is 15.0. The molecule has 3 aromatic carbocycles. The predicted molar refractivity (Wildman–Crippen MR) is 102 cm³/mol. The van der Waals surface area contributed by atoms with Gasteiger partial charge >= 0.3 is 5.97 Å². The van der Waals surface area contributed by atoms with E-state index in [0.717, 1.165) is 16.3 Å². The Morgan fingerprint density at radius 1 is 1.00 bits per heavy atom. The van der Waals surface area contributed by atoms with E-state index in [-0.39, 0.29) is 0 Å². The molecule has 2 unspecified atom stereocenters. The van der Waals surface area contributed by atoms with Gasteiger partial charge in [-0.3, -0.25) is 4.79 Å². The molecule has 0 fully saturated rings. The molecule has 0 radical (unpaired) electrons. The third-order valence-electron chi connectivity index (χ3n) is 4.67. The summed E-state index contributed by atoms with van der Waals surface area (Å²) in [6, 6.07) is 20.6. The summed E-state index contributed by atoms with van der Waals surface area (Å²) >= 11 is 0. The van der Waals surface area contributed by atoms with Crippen LogP contribution in [0.3, 0.4) is 0 Å². The van der Waals surface area contributed by atoms with Crippen molar-refractivity contribution in [1.29, 1.82) is 5.26 Å². The number of fused-ring (bicyclic) bond motifs is 1. The smallest absolute Gasteiger partial charge is 0.321 e. The standard InChI is InChI=1S/C22H19NO4/c1-26-15-10-11-18(20(12-15)27-2)21(19(13-23)22(24)25)17-9-5-7-14-6-3-4-8-16(14)17/h3-12,19,21H,1-2H3,(H,24,25). The van der Waals surface area contributed by atoms with Crippen LogP contribution in [0.5, 0.6) is 11.5 Å². The van der Waals surface area contributed by atoms with Gasteiger partial charge in [0.2, 0.25) is 0 Å². The molecule has 5 nitrogen and oxygen atoms in total. The van der Waals surface area contributed by atoms with Crippen molar-refractivity contribution < 1.29 is 19.4 Å². The van der Waals surface area contributed by atoms with Gasteiger partial charge in [-0.2, -0.15) is 5.26 Å². The van der Waals surface area contributed by atoms with Gasteiger partial charge in [-0.05, 0) is 22.4 Å². The molecule has 0 heterocycles. The van der Waals surface area contributed by atoms with E-state index in [0.29, 0.717) is 17.1 Å². The minimum absolute atomic E-state index is 0.480. The topological polar surface area (TPSA) is 79.5 Å². The lowest BCUT2D eigenvalue weighted by Gasteiger charge is -2.24. The first-order chi connectivity index (χ1) is 13.1. The molecule has 0 aliphatic heterocycles. The minimum Gasteiger partial charge on any atom is -0.497 e. The molecule has 0 saturated heterocycles. The Kier molecular flexibility index (Phi) is 5.28. The maximum absolute atomic E-state index is 11.9. The van der Waals surface area contributed by atoms with Crippen LogP contribution in [0.4, 0.5) is 0 Å². The highest BCUT2D eigenvalue weighted by Crippen LogP contribution is 2.41. The Morgan fingerprint density at radius 3 is 2.41 bits per heavy atom. The van der Waals surface area contributed by atoms with E-state index in [9.17, 15) is 15.2 Å². The van der Waals surface area contributed by atoms with E-state index in [1.54, 1.807) is 25.3 Å². The molecule has 3 aromatic rings. The molecule has 27 heavy (non-hydrogen) atoms. The van der Waals surface area contributed by atoms with Gasteiger partial charge < -0.3 is 14.6 Å². The molecule has 0 aliphatic rings. The van der Waals surface area contributed by atoms with Gasteiger partial charge in [0, 0.05) is 17.5 Å². The summed E-state index contributed by atoms with van der Waals surface area (Å²) in [6.07, 6.45) is 0. The van der Waals surface area contributed by atoms with Crippen molar-refractivity contribution in [2.75, 3.05) is 14.2 Å². The summed E-state index contributed by atoms with van der Waals surface area (Å²) in [6.45, 7) is 0. The quantitative estimate of drug-likeness (QED) is 0.711. The lowest BCUT2D eigenvalue weighted by molar-refractivity contribution is -0.140.